The molecule has 1 aromatic rings. The van der Waals surface area contributed by atoms with Crippen LogP contribution in [0.2, 0.25) is 0 Å². The van der Waals surface area contributed by atoms with Crippen LogP contribution >= 0.6 is 0 Å². The van der Waals surface area contributed by atoms with E-state index in [1.807, 2.05) is 31.2 Å². The molecule has 4 nitrogen and oxygen atoms in total. The van der Waals surface area contributed by atoms with Gasteiger partial charge >= 0.3 is 5.97 Å². The van der Waals surface area contributed by atoms with Crippen LogP contribution in [0.3, 0.4) is 0 Å². The van der Waals surface area contributed by atoms with Gasteiger partial charge in [-0.15, -0.1) is 4.72 Å². The van der Waals surface area contributed by atoms with Crippen molar-refractivity contribution in [2.45, 2.75) is 50.3 Å². The van der Waals surface area contributed by atoms with Crippen molar-refractivity contribution >= 4 is 17.3 Å². The van der Waals surface area contributed by atoms with Gasteiger partial charge < -0.3 is 4.74 Å². The van der Waals surface area contributed by atoms with Crippen molar-refractivity contribution in [2.75, 3.05) is 13.7 Å². The first kappa shape index (κ1) is 18.0. The van der Waals surface area contributed by atoms with E-state index in [4.69, 9.17) is 0 Å². The highest BCUT2D eigenvalue weighted by Gasteiger charge is 2.18. The van der Waals surface area contributed by atoms with Gasteiger partial charge in [0.2, 0.25) is 4.90 Å². The monoisotopic (exact) mass is 312 g/mol. The van der Waals surface area contributed by atoms with Gasteiger partial charge in [0, 0.05) is 13.0 Å². The number of hydrogen-bond donors (Lipinski definition) is 2. The average Bonchev–Trinajstić information content (AvgIpc) is 2.50. The Morgan fingerprint density at radius 3 is 2.43 bits per heavy atom. The zero-order valence-electron chi connectivity index (χ0n) is 12.9. The number of carbonyl (C=O) groups is 1. The van der Waals surface area contributed by atoms with E-state index >= 15 is 0 Å². The van der Waals surface area contributed by atoms with Crippen LogP contribution in [-0.2, 0) is 20.9 Å². The Bertz CT molecular complexity index is 408. The fraction of sp³-hybridized carbons (Fsp3) is 0.562. The molecule has 0 fully saturated rings. The third kappa shape index (κ3) is 8.09. The van der Waals surface area contributed by atoms with Crippen LogP contribution in [0.4, 0.5) is 0 Å². The van der Waals surface area contributed by atoms with Crippen molar-refractivity contribution in [2.24, 2.45) is 0 Å². The number of benzene rings is 1. The first-order valence-corrected chi connectivity index (χ1v) is 8.62. The summed E-state index contributed by atoms with van der Waals surface area (Å²) in [6.45, 7) is 2.84. The fourth-order valence-electron chi connectivity index (χ4n) is 1.95. The maximum absolute atomic E-state index is 10.9. The van der Waals surface area contributed by atoms with Crippen LogP contribution < -0.4 is 4.72 Å². The minimum Gasteiger partial charge on any atom is -0.469 e. The third-order valence-electron chi connectivity index (χ3n) is 3.27. The second-order valence-corrected chi connectivity index (χ2v) is 6.42. The van der Waals surface area contributed by atoms with Gasteiger partial charge in [-0.3, -0.25) is 4.79 Å². The highest BCUT2D eigenvalue weighted by atomic mass is 32.2. The summed E-state index contributed by atoms with van der Waals surface area (Å²) in [6.07, 6.45) is 5.73. The summed E-state index contributed by atoms with van der Waals surface area (Å²) < 4.78 is 17.7. The number of ether oxygens (including phenoxy) is 1. The van der Waals surface area contributed by atoms with E-state index < -0.39 is 11.4 Å². The van der Waals surface area contributed by atoms with Crippen LogP contribution in [-0.4, -0.2) is 24.2 Å². The second-order valence-electron chi connectivity index (χ2n) is 5.09. The van der Waals surface area contributed by atoms with E-state index in [9.17, 15) is 9.35 Å². The Kier molecular flexibility index (Phi) is 9.14. The molecule has 0 radical (unpaired) electrons. The molecule has 0 saturated heterocycles. The van der Waals surface area contributed by atoms with Crippen LogP contribution in [0, 0.1) is 6.92 Å². The molecule has 0 saturated carbocycles. The predicted molar refractivity (Wildman–Crippen MR) is 87.2 cm³/mol. The summed E-state index contributed by atoms with van der Waals surface area (Å²) in [5.41, 5.74) is 1.20. The lowest BCUT2D eigenvalue weighted by Crippen LogP contribution is -2.24. The Labute approximate surface area is 130 Å². The second kappa shape index (κ2) is 10.7. The minimum absolute atomic E-state index is 0.126. The maximum Gasteiger partial charge on any atom is 0.305 e. The van der Waals surface area contributed by atoms with Crippen molar-refractivity contribution in [3.05, 3.63) is 29.8 Å². The van der Waals surface area contributed by atoms with Crippen LogP contribution in [0.15, 0.2) is 29.2 Å². The molecule has 1 atom stereocenters. The average molecular weight is 312 g/mol. The molecule has 1 aromatic carbocycles. The largest absolute Gasteiger partial charge is 0.469 e. The van der Waals surface area contributed by atoms with Crippen LogP contribution in [0.25, 0.3) is 0 Å². The molecule has 0 amide bonds. The molecule has 5 heteroatoms. The lowest BCUT2D eigenvalue weighted by atomic mass is 10.1. The summed E-state index contributed by atoms with van der Waals surface area (Å²) in [5, 5.41) is 0. The zero-order chi connectivity index (χ0) is 15.5. The molecule has 0 aromatic heterocycles. The number of methoxy groups -OCH3 is 1. The number of unbranched alkanes of at least 4 members (excludes halogenated alkanes) is 4. The lowest BCUT2D eigenvalue weighted by molar-refractivity contribution is -0.140. The van der Waals surface area contributed by atoms with Crippen molar-refractivity contribution in [3.8, 4) is 0 Å². The van der Waals surface area contributed by atoms with Gasteiger partial charge in [-0.1, -0.05) is 37.0 Å². The van der Waals surface area contributed by atoms with E-state index in [1.165, 1.54) is 12.7 Å². The van der Waals surface area contributed by atoms with Gasteiger partial charge in [-0.2, -0.15) is 4.55 Å². The van der Waals surface area contributed by atoms with E-state index in [2.05, 4.69) is 9.46 Å². The van der Waals surface area contributed by atoms with Crippen molar-refractivity contribution in [1.29, 1.82) is 0 Å². The number of hydrogen-bond acceptors (Lipinski definition) is 4. The minimum atomic E-state index is -0.869. The Morgan fingerprint density at radius 1 is 1.14 bits per heavy atom. The number of esters is 1. The Morgan fingerprint density at radius 2 is 1.76 bits per heavy atom. The molecule has 0 aliphatic heterocycles. The Balaban J connectivity index is 2.01. The Hall–Kier alpha value is -1.04. The van der Waals surface area contributed by atoms with E-state index in [-0.39, 0.29) is 5.97 Å². The lowest BCUT2D eigenvalue weighted by Gasteiger charge is -2.03. The van der Waals surface area contributed by atoms with Gasteiger partial charge in [-0.25, -0.2) is 0 Å². The third-order valence-corrected chi connectivity index (χ3v) is 4.46. The van der Waals surface area contributed by atoms with Gasteiger partial charge in [-0.05, 0) is 31.9 Å². The van der Waals surface area contributed by atoms with Crippen molar-refractivity contribution in [3.63, 3.8) is 0 Å². The van der Waals surface area contributed by atoms with Crippen molar-refractivity contribution in [1.82, 2.24) is 4.72 Å². The summed E-state index contributed by atoms with van der Waals surface area (Å²) in [5.74, 6) is -0.126. The molecule has 2 N–H and O–H groups in total. The van der Waals surface area contributed by atoms with Gasteiger partial charge in [0.25, 0.3) is 11.4 Å². The fourth-order valence-corrected chi connectivity index (χ4v) is 2.84. The van der Waals surface area contributed by atoms with Gasteiger partial charge in [0.15, 0.2) is 0 Å². The smallest absolute Gasteiger partial charge is 0.305 e. The summed E-state index contributed by atoms with van der Waals surface area (Å²) in [7, 11) is 1.42. The van der Waals surface area contributed by atoms with E-state index in [0.717, 1.165) is 43.5 Å². The quantitative estimate of drug-likeness (QED) is 0.394. The van der Waals surface area contributed by atoms with Crippen molar-refractivity contribution < 1.29 is 14.1 Å². The SMILES string of the molecule is COC(=O)CCCCCCCN[S+](O)c1ccc(C)cc1. The highest BCUT2D eigenvalue weighted by molar-refractivity contribution is 7.89. The van der Waals surface area contributed by atoms with Gasteiger partial charge in [0.1, 0.15) is 0 Å². The molecule has 1 rings (SSSR count). The topological polar surface area (TPSA) is 58.6 Å². The molecular formula is C16H26NO3S+. The predicted octanol–water partition coefficient (Wildman–Crippen LogP) is 3.46. The molecule has 0 spiro atoms. The summed E-state index contributed by atoms with van der Waals surface area (Å²) in [4.78, 5) is 11.8. The molecule has 0 aliphatic rings. The number of aryl methyl sites for hydroxylation is 1. The molecule has 0 bridgehead atoms. The number of nitrogens with one attached hydrogen (secondary N) is 1. The molecular weight excluding hydrogens is 286 g/mol. The van der Waals surface area contributed by atoms with Crippen LogP contribution in [0.1, 0.15) is 44.1 Å². The summed E-state index contributed by atoms with van der Waals surface area (Å²) >= 11 is -0.869. The molecule has 1 unspecified atom stereocenters. The molecule has 118 valence electrons. The zero-order valence-corrected chi connectivity index (χ0v) is 13.7. The molecule has 0 heterocycles. The van der Waals surface area contributed by atoms with Gasteiger partial charge in [0.05, 0.1) is 7.11 Å². The summed E-state index contributed by atoms with van der Waals surface area (Å²) in [6, 6.07) is 7.93. The number of carbonyl (C=O) groups excluding carboxylic acids is 1. The molecule has 21 heavy (non-hydrogen) atoms. The maximum atomic E-state index is 10.9. The normalized spacial score (nSPS) is 12.1. The number of rotatable bonds is 10. The standard InChI is InChI=1S/C16H26NO3S/c1-14-9-11-15(12-10-14)21(19)17-13-7-5-3-4-6-8-16(18)20-2/h9-12,17,19H,3-8,13H2,1-2H3/q+1. The highest BCUT2D eigenvalue weighted by Crippen LogP contribution is 2.10. The molecule has 0 aliphatic carbocycles. The van der Waals surface area contributed by atoms with Crippen LogP contribution in [0.5, 0.6) is 0 Å². The first-order valence-electron chi connectivity index (χ1n) is 7.44. The first-order chi connectivity index (χ1) is 10.1. The van der Waals surface area contributed by atoms with E-state index in [1.54, 1.807) is 0 Å². The van der Waals surface area contributed by atoms with E-state index in [0.29, 0.717) is 6.42 Å².